The number of guanidine groups is 1. The zero-order chi connectivity index (χ0) is 19.7. The first kappa shape index (κ1) is 21.8. The van der Waals surface area contributed by atoms with Gasteiger partial charge in [0, 0.05) is 33.2 Å². The summed E-state index contributed by atoms with van der Waals surface area (Å²) in [7, 11) is 3.52. The molecule has 1 rings (SSSR count). The number of carbonyl (C=O) groups excluding carboxylic acids is 1. The molecule has 0 saturated heterocycles. The van der Waals surface area contributed by atoms with Gasteiger partial charge >= 0.3 is 6.09 Å². The van der Waals surface area contributed by atoms with Gasteiger partial charge in [-0.15, -0.1) is 0 Å². The molecule has 1 unspecified atom stereocenters. The standard InChI is InChI=1S/C20H34N4O2/c1-8-15(2)23-18(21-6)22-13-16-9-11-17(12-10-16)14-24(7)19(25)26-20(3,4)5/h9-12,15H,8,13-14H2,1-7H3,(H2,21,22,23). The molecule has 146 valence electrons. The first-order chi connectivity index (χ1) is 12.1. The van der Waals surface area contributed by atoms with E-state index in [2.05, 4.69) is 41.6 Å². The van der Waals surface area contributed by atoms with Crippen LogP contribution in [0.2, 0.25) is 0 Å². The molecule has 0 aliphatic carbocycles. The average Bonchev–Trinajstić information content (AvgIpc) is 2.58. The lowest BCUT2D eigenvalue weighted by atomic mass is 10.1. The molecule has 0 aliphatic rings. The molecule has 0 bridgehead atoms. The van der Waals surface area contributed by atoms with E-state index in [4.69, 9.17) is 4.74 Å². The molecular formula is C20H34N4O2. The van der Waals surface area contributed by atoms with Crippen molar-refractivity contribution >= 4 is 12.1 Å². The van der Waals surface area contributed by atoms with Crippen LogP contribution >= 0.6 is 0 Å². The SMILES string of the molecule is CCC(C)NC(=NC)NCc1ccc(CN(C)C(=O)OC(C)(C)C)cc1. The number of hydrogen-bond donors (Lipinski definition) is 2. The number of carbonyl (C=O) groups is 1. The van der Waals surface area contributed by atoms with E-state index in [0.717, 1.165) is 23.5 Å². The fourth-order valence-corrected chi connectivity index (χ4v) is 2.16. The second-order valence-electron chi connectivity index (χ2n) is 7.53. The Hall–Kier alpha value is -2.24. The lowest BCUT2D eigenvalue weighted by molar-refractivity contribution is 0.0285. The zero-order valence-corrected chi connectivity index (χ0v) is 17.2. The second-order valence-corrected chi connectivity index (χ2v) is 7.53. The highest BCUT2D eigenvalue weighted by Gasteiger charge is 2.19. The third-order valence-electron chi connectivity index (χ3n) is 3.83. The summed E-state index contributed by atoms with van der Waals surface area (Å²) in [5.74, 6) is 0.799. The van der Waals surface area contributed by atoms with E-state index < -0.39 is 5.60 Å². The van der Waals surface area contributed by atoms with E-state index in [-0.39, 0.29) is 6.09 Å². The predicted octanol–water partition coefficient (Wildman–Crippen LogP) is 3.52. The molecule has 1 aromatic rings. The number of aliphatic imine (C=N–C) groups is 1. The summed E-state index contributed by atoms with van der Waals surface area (Å²) in [5.41, 5.74) is 1.73. The van der Waals surface area contributed by atoms with Crippen LogP contribution in [0.3, 0.4) is 0 Å². The van der Waals surface area contributed by atoms with Crippen LogP contribution in [0.4, 0.5) is 4.79 Å². The van der Waals surface area contributed by atoms with Gasteiger partial charge in [-0.3, -0.25) is 4.99 Å². The van der Waals surface area contributed by atoms with Gasteiger partial charge in [0.25, 0.3) is 0 Å². The first-order valence-electron chi connectivity index (χ1n) is 9.13. The maximum absolute atomic E-state index is 12.0. The van der Waals surface area contributed by atoms with Crippen LogP contribution in [-0.4, -0.2) is 42.7 Å². The number of benzene rings is 1. The Morgan fingerprint density at radius 1 is 1.23 bits per heavy atom. The number of nitrogens with zero attached hydrogens (tertiary/aromatic N) is 2. The average molecular weight is 363 g/mol. The van der Waals surface area contributed by atoms with Gasteiger partial charge in [-0.2, -0.15) is 0 Å². The van der Waals surface area contributed by atoms with Crippen LogP contribution < -0.4 is 10.6 Å². The maximum atomic E-state index is 12.0. The molecule has 1 atom stereocenters. The molecular weight excluding hydrogens is 328 g/mol. The quantitative estimate of drug-likeness (QED) is 0.600. The van der Waals surface area contributed by atoms with Gasteiger partial charge in [-0.1, -0.05) is 31.2 Å². The minimum absolute atomic E-state index is 0.317. The van der Waals surface area contributed by atoms with E-state index in [1.165, 1.54) is 0 Å². The van der Waals surface area contributed by atoms with Crippen LogP contribution in [-0.2, 0) is 17.8 Å². The number of ether oxygens (including phenoxy) is 1. The summed E-state index contributed by atoms with van der Waals surface area (Å²) in [6, 6.07) is 8.56. The van der Waals surface area contributed by atoms with Crippen molar-refractivity contribution in [3.8, 4) is 0 Å². The summed E-state index contributed by atoms with van der Waals surface area (Å²) in [5, 5.41) is 6.65. The number of amides is 1. The summed E-state index contributed by atoms with van der Waals surface area (Å²) >= 11 is 0. The van der Waals surface area contributed by atoms with Crippen molar-refractivity contribution < 1.29 is 9.53 Å². The smallest absolute Gasteiger partial charge is 0.410 e. The Morgan fingerprint density at radius 2 is 1.81 bits per heavy atom. The Bertz CT molecular complexity index is 591. The molecule has 1 amide bonds. The van der Waals surface area contributed by atoms with Crippen molar-refractivity contribution in [1.82, 2.24) is 15.5 Å². The minimum atomic E-state index is -0.483. The van der Waals surface area contributed by atoms with Crippen molar-refractivity contribution in [2.75, 3.05) is 14.1 Å². The molecule has 0 saturated carbocycles. The Labute approximate surface area is 158 Å². The summed E-state index contributed by atoms with van der Waals surface area (Å²) in [6.45, 7) is 11.1. The lowest BCUT2D eigenvalue weighted by Gasteiger charge is -2.24. The van der Waals surface area contributed by atoms with Crippen molar-refractivity contribution in [2.24, 2.45) is 4.99 Å². The molecule has 2 N–H and O–H groups in total. The van der Waals surface area contributed by atoms with Crippen molar-refractivity contribution in [3.05, 3.63) is 35.4 Å². The van der Waals surface area contributed by atoms with Crippen molar-refractivity contribution in [1.29, 1.82) is 0 Å². The first-order valence-corrected chi connectivity index (χ1v) is 9.13. The van der Waals surface area contributed by atoms with E-state index in [1.54, 1.807) is 19.0 Å². The van der Waals surface area contributed by atoms with Crippen molar-refractivity contribution in [2.45, 2.75) is 65.8 Å². The predicted molar refractivity (Wildman–Crippen MR) is 107 cm³/mol. The van der Waals surface area contributed by atoms with Crippen LogP contribution in [0.25, 0.3) is 0 Å². The molecule has 0 fully saturated rings. The van der Waals surface area contributed by atoms with Gasteiger partial charge in [-0.05, 0) is 45.2 Å². The summed E-state index contributed by atoms with van der Waals surface area (Å²) in [6.07, 6.45) is 0.726. The topological polar surface area (TPSA) is 66.0 Å². The Balaban J connectivity index is 2.54. The van der Waals surface area contributed by atoms with Crippen LogP contribution in [0.1, 0.15) is 52.2 Å². The normalized spacial score (nSPS) is 13.1. The summed E-state index contributed by atoms with van der Waals surface area (Å²) in [4.78, 5) is 17.8. The largest absolute Gasteiger partial charge is 0.444 e. The molecule has 0 spiro atoms. The van der Waals surface area contributed by atoms with E-state index in [0.29, 0.717) is 19.1 Å². The van der Waals surface area contributed by atoms with Crippen LogP contribution in [0.5, 0.6) is 0 Å². The lowest BCUT2D eigenvalue weighted by Crippen LogP contribution is -2.41. The number of hydrogen-bond acceptors (Lipinski definition) is 3. The van der Waals surface area contributed by atoms with Gasteiger partial charge in [0.15, 0.2) is 5.96 Å². The maximum Gasteiger partial charge on any atom is 0.410 e. The molecule has 6 heteroatoms. The molecule has 0 aromatic heterocycles. The van der Waals surface area contributed by atoms with Gasteiger partial charge in [0.05, 0.1) is 0 Å². The molecule has 0 aliphatic heterocycles. The molecule has 0 heterocycles. The van der Waals surface area contributed by atoms with E-state index >= 15 is 0 Å². The highest BCUT2D eigenvalue weighted by molar-refractivity contribution is 5.79. The fraction of sp³-hybridized carbons (Fsp3) is 0.600. The fourth-order valence-electron chi connectivity index (χ4n) is 2.16. The van der Waals surface area contributed by atoms with Gasteiger partial charge in [-0.25, -0.2) is 4.79 Å². The Morgan fingerprint density at radius 3 is 2.31 bits per heavy atom. The summed E-state index contributed by atoms with van der Waals surface area (Å²) < 4.78 is 5.37. The van der Waals surface area contributed by atoms with E-state index in [1.807, 2.05) is 32.9 Å². The highest BCUT2D eigenvalue weighted by atomic mass is 16.6. The number of rotatable bonds is 6. The van der Waals surface area contributed by atoms with Crippen LogP contribution in [0, 0.1) is 0 Å². The van der Waals surface area contributed by atoms with Gasteiger partial charge in [0.2, 0.25) is 0 Å². The Kier molecular flexibility index (Phi) is 8.42. The zero-order valence-electron chi connectivity index (χ0n) is 17.2. The third kappa shape index (κ3) is 8.23. The van der Waals surface area contributed by atoms with Gasteiger partial charge < -0.3 is 20.3 Å². The molecule has 6 nitrogen and oxygen atoms in total. The van der Waals surface area contributed by atoms with Gasteiger partial charge in [0.1, 0.15) is 5.60 Å². The third-order valence-corrected chi connectivity index (χ3v) is 3.83. The molecule has 0 radical (unpaired) electrons. The molecule has 1 aromatic carbocycles. The van der Waals surface area contributed by atoms with Crippen molar-refractivity contribution in [3.63, 3.8) is 0 Å². The molecule has 26 heavy (non-hydrogen) atoms. The number of nitrogens with one attached hydrogen (secondary N) is 2. The van der Waals surface area contributed by atoms with E-state index in [9.17, 15) is 4.79 Å². The highest BCUT2D eigenvalue weighted by Crippen LogP contribution is 2.12. The minimum Gasteiger partial charge on any atom is -0.444 e. The van der Waals surface area contributed by atoms with Crippen LogP contribution in [0.15, 0.2) is 29.3 Å². The monoisotopic (exact) mass is 362 g/mol. The second kappa shape index (κ2) is 10.0.